The standard InChI is InChI=1S/C14H20N2/c1-10-11(2)16-8-12-6-4-5-7-13(12)14(16)9-15(10)3/h4-7,10-11,14H,8-9H2,1-3H3. The number of rotatable bonds is 0. The van der Waals surface area contributed by atoms with Crippen molar-refractivity contribution < 1.29 is 0 Å². The van der Waals surface area contributed by atoms with E-state index in [1.165, 1.54) is 12.1 Å². The number of hydrogen-bond acceptors (Lipinski definition) is 2. The molecule has 2 nitrogen and oxygen atoms in total. The van der Waals surface area contributed by atoms with Crippen molar-refractivity contribution in [3.63, 3.8) is 0 Å². The van der Waals surface area contributed by atoms with Gasteiger partial charge in [-0.1, -0.05) is 24.3 Å². The van der Waals surface area contributed by atoms with Gasteiger partial charge in [-0.3, -0.25) is 4.90 Å². The molecule has 3 unspecified atom stereocenters. The van der Waals surface area contributed by atoms with E-state index in [1.807, 2.05) is 0 Å². The summed E-state index contributed by atoms with van der Waals surface area (Å²) >= 11 is 0. The number of fused-ring (bicyclic) bond motifs is 3. The largest absolute Gasteiger partial charge is 0.300 e. The maximum atomic E-state index is 2.66. The normalized spacial score (nSPS) is 34.8. The van der Waals surface area contributed by atoms with Gasteiger partial charge in [0.05, 0.1) is 0 Å². The summed E-state index contributed by atoms with van der Waals surface area (Å²) < 4.78 is 0. The topological polar surface area (TPSA) is 6.48 Å². The minimum atomic E-state index is 0.618. The molecule has 1 aromatic rings. The van der Waals surface area contributed by atoms with Gasteiger partial charge in [-0.15, -0.1) is 0 Å². The quantitative estimate of drug-likeness (QED) is 0.656. The highest BCUT2D eigenvalue weighted by atomic mass is 15.3. The molecule has 3 rings (SSSR count). The van der Waals surface area contributed by atoms with Gasteiger partial charge in [0.1, 0.15) is 0 Å². The molecule has 1 aromatic carbocycles. The van der Waals surface area contributed by atoms with Crippen LogP contribution in [0.5, 0.6) is 0 Å². The Hall–Kier alpha value is -0.860. The summed E-state index contributed by atoms with van der Waals surface area (Å²) in [5.41, 5.74) is 3.08. The minimum Gasteiger partial charge on any atom is -0.300 e. The first-order chi connectivity index (χ1) is 7.68. The third-order valence-corrected chi connectivity index (χ3v) is 4.54. The number of nitrogens with zero attached hydrogens (tertiary/aromatic N) is 2. The minimum absolute atomic E-state index is 0.618. The Labute approximate surface area is 97.9 Å². The fourth-order valence-electron chi connectivity index (χ4n) is 3.20. The van der Waals surface area contributed by atoms with E-state index in [0.717, 1.165) is 6.54 Å². The number of piperazine rings is 1. The Morgan fingerprint density at radius 3 is 2.69 bits per heavy atom. The third kappa shape index (κ3) is 1.33. The molecule has 0 radical (unpaired) electrons. The highest BCUT2D eigenvalue weighted by Gasteiger charge is 2.40. The fourth-order valence-corrected chi connectivity index (χ4v) is 3.20. The van der Waals surface area contributed by atoms with Crippen molar-refractivity contribution in [3.8, 4) is 0 Å². The molecule has 2 heteroatoms. The van der Waals surface area contributed by atoms with E-state index in [-0.39, 0.29) is 0 Å². The van der Waals surface area contributed by atoms with Crippen LogP contribution in [0.2, 0.25) is 0 Å². The molecule has 16 heavy (non-hydrogen) atoms. The molecule has 2 aliphatic rings. The van der Waals surface area contributed by atoms with E-state index in [2.05, 4.69) is 55.0 Å². The summed E-state index contributed by atoms with van der Waals surface area (Å²) in [6.07, 6.45) is 0. The second kappa shape index (κ2) is 3.57. The van der Waals surface area contributed by atoms with Crippen LogP contribution in [0, 0.1) is 0 Å². The molecule has 2 heterocycles. The molecule has 2 aliphatic heterocycles. The highest BCUT2D eigenvalue weighted by Crippen LogP contribution is 2.39. The summed E-state index contributed by atoms with van der Waals surface area (Å²) in [7, 11) is 2.25. The van der Waals surface area contributed by atoms with Crippen LogP contribution in [0.1, 0.15) is 31.0 Å². The predicted octanol–water partition coefficient (Wildman–Crippen LogP) is 2.27. The maximum absolute atomic E-state index is 2.66. The van der Waals surface area contributed by atoms with Crippen LogP contribution in [0.25, 0.3) is 0 Å². The predicted molar refractivity (Wildman–Crippen MR) is 66.3 cm³/mol. The fraction of sp³-hybridized carbons (Fsp3) is 0.571. The van der Waals surface area contributed by atoms with Crippen LogP contribution in [0.15, 0.2) is 24.3 Å². The molecular weight excluding hydrogens is 196 g/mol. The van der Waals surface area contributed by atoms with Gasteiger partial charge in [0.25, 0.3) is 0 Å². The monoisotopic (exact) mass is 216 g/mol. The first-order valence-electron chi connectivity index (χ1n) is 6.22. The molecule has 1 fully saturated rings. The summed E-state index contributed by atoms with van der Waals surface area (Å²) in [6.45, 7) is 7.01. The Morgan fingerprint density at radius 1 is 1.12 bits per heavy atom. The van der Waals surface area contributed by atoms with Gasteiger partial charge in [0.15, 0.2) is 0 Å². The second-order valence-electron chi connectivity index (χ2n) is 5.31. The Balaban J connectivity index is 1.98. The Kier molecular flexibility index (Phi) is 2.30. The maximum Gasteiger partial charge on any atom is 0.0485 e. The lowest BCUT2D eigenvalue weighted by atomic mass is 9.98. The molecule has 0 amide bonds. The van der Waals surface area contributed by atoms with Crippen LogP contribution >= 0.6 is 0 Å². The molecule has 0 spiro atoms. The van der Waals surface area contributed by atoms with Crippen LogP contribution in [0.3, 0.4) is 0 Å². The van der Waals surface area contributed by atoms with E-state index in [9.17, 15) is 0 Å². The van der Waals surface area contributed by atoms with E-state index >= 15 is 0 Å². The SMILES string of the molecule is CC1C(C)N2Cc3ccccc3C2CN1C. The van der Waals surface area contributed by atoms with Crippen LogP contribution in [-0.2, 0) is 6.54 Å². The van der Waals surface area contributed by atoms with Gasteiger partial charge in [-0.25, -0.2) is 0 Å². The molecule has 3 atom stereocenters. The van der Waals surface area contributed by atoms with Gasteiger partial charge in [-0.05, 0) is 32.0 Å². The van der Waals surface area contributed by atoms with Crippen molar-refractivity contribution in [1.82, 2.24) is 9.80 Å². The Morgan fingerprint density at radius 2 is 1.88 bits per heavy atom. The average molecular weight is 216 g/mol. The first-order valence-corrected chi connectivity index (χ1v) is 6.22. The zero-order chi connectivity index (χ0) is 11.3. The van der Waals surface area contributed by atoms with Crippen molar-refractivity contribution in [2.24, 2.45) is 0 Å². The van der Waals surface area contributed by atoms with Crippen molar-refractivity contribution in [1.29, 1.82) is 0 Å². The van der Waals surface area contributed by atoms with Crippen molar-refractivity contribution in [3.05, 3.63) is 35.4 Å². The molecule has 1 saturated heterocycles. The van der Waals surface area contributed by atoms with Gasteiger partial charge in [-0.2, -0.15) is 0 Å². The lowest BCUT2D eigenvalue weighted by Gasteiger charge is -2.45. The smallest absolute Gasteiger partial charge is 0.0485 e. The van der Waals surface area contributed by atoms with Crippen molar-refractivity contribution in [2.75, 3.05) is 13.6 Å². The van der Waals surface area contributed by atoms with E-state index in [0.29, 0.717) is 18.1 Å². The molecule has 0 aromatic heterocycles. The van der Waals surface area contributed by atoms with E-state index in [1.54, 1.807) is 5.56 Å². The lowest BCUT2D eigenvalue weighted by molar-refractivity contribution is 0.0108. The van der Waals surface area contributed by atoms with E-state index in [4.69, 9.17) is 0 Å². The highest BCUT2D eigenvalue weighted by molar-refractivity contribution is 5.35. The van der Waals surface area contributed by atoms with Crippen molar-refractivity contribution in [2.45, 2.75) is 38.5 Å². The molecule has 0 saturated carbocycles. The van der Waals surface area contributed by atoms with Crippen LogP contribution in [0.4, 0.5) is 0 Å². The zero-order valence-electron chi connectivity index (χ0n) is 10.4. The summed E-state index contributed by atoms with van der Waals surface area (Å²) in [5, 5.41) is 0. The molecular formula is C14H20N2. The van der Waals surface area contributed by atoms with Crippen LogP contribution in [-0.4, -0.2) is 35.5 Å². The van der Waals surface area contributed by atoms with Gasteiger partial charge in [0, 0.05) is 31.2 Å². The number of likely N-dealkylation sites (N-methyl/N-ethyl adjacent to an activating group) is 1. The van der Waals surface area contributed by atoms with Gasteiger partial charge in [0.2, 0.25) is 0 Å². The van der Waals surface area contributed by atoms with Gasteiger partial charge < -0.3 is 4.90 Å². The lowest BCUT2D eigenvalue weighted by Crippen LogP contribution is -2.54. The van der Waals surface area contributed by atoms with Gasteiger partial charge >= 0.3 is 0 Å². The average Bonchev–Trinajstić information content (AvgIpc) is 2.65. The van der Waals surface area contributed by atoms with E-state index < -0.39 is 0 Å². The zero-order valence-corrected chi connectivity index (χ0v) is 10.4. The molecule has 0 bridgehead atoms. The Bertz CT molecular complexity index is 401. The second-order valence-corrected chi connectivity index (χ2v) is 5.31. The third-order valence-electron chi connectivity index (χ3n) is 4.54. The summed E-state index contributed by atoms with van der Waals surface area (Å²) in [6, 6.07) is 10.8. The number of benzene rings is 1. The van der Waals surface area contributed by atoms with Crippen LogP contribution < -0.4 is 0 Å². The molecule has 0 N–H and O–H groups in total. The summed E-state index contributed by atoms with van der Waals surface area (Å²) in [4.78, 5) is 5.16. The summed E-state index contributed by atoms with van der Waals surface area (Å²) in [5.74, 6) is 0. The number of hydrogen-bond donors (Lipinski definition) is 0. The molecule has 86 valence electrons. The van der Waals surface area contributed by atoms with Crippen molar-refractivity contribution >= 4 is 0 Å². The first kappa shape index (κ1) is 10.3. The molecule has 0 aliphatic carbocycles.